The van der Waals surface area contributed by atoms with Crippen molar-refractivity contribution in [2.75, 3.05) is 54.6 Å². The van der Waals surface area contributed by atoms with Gasteiger partial charge in [0.1, 0.15) is 0 Å². The van der Waals surface area contributed by atoms with Crippen LogP contribution in [-0.2, 0) is 31.9 Å². The third kappa shape index (κ3) is 7.39. The summed E-state index contributed by atoms with van der Waals surface area (Å²) >= 11 is 13.0. The number of halogens is 2. The molecule has 258 valence electrons. The van der Waals surface area contributed by atoms with Crippen LogP contribution >= 0.6 is 23.2 Å². The summed E-state index contributed by atoms with van der Waals surface area (Å²) in [5, 5.41) is 0.839. The fraction of sp³-hybridized carbons (Fsp3) is 0.459. The van der Waals surface area contributed by atoms with E-state index in [0.29, 0.717) is 66.2 Å². The van der Waals surface area contributed by atoms with Gasteiger partial charge >= 0.3 is 0 Å². The molecular weight excluding hydrogens is 653 g/mol. The van der Waals surface area contributed by atoms with E-state index in [2.05, 4.69) is 4.90 Å². The Morgan fingerprint density at radius 3 is 2.12 bits per heavy atom. The van der Waals surface area contributed by atoms with Gasteiger partial charge in [-0.2, -0.15) is 0 Å². The Morgan fingerprint density at radius 1 is 0.938 bits per heavy atom. The molecule has 1 aliphatic heterocycles. The lowest BCUT2D eigenvalue weighted by atomic mass is 9.72. The van der Waals surface area contributed by atoms with Gasteiger partial charge in [0, 0.05) is 19.5 Å². The number of carbonyl (C=O) groups excluding carboxylic acids is 2. The van der Waals surface area contributed by atoms with Crippen LogP contribution < -0.4 is 19.9 Å². The molecule has 1 saturated carbocycles. The molecule has 1 aliphatic carbocycles. The van der Waals surface area contributed by atoms with Crippen LogP contribution in [0.1, 0.15) is 48.8 Å². The van der Waals surface area contributed by atoms with Crippen LogP contribution in [0.2, 0.25) is 10.0 Å². The molecule has 0 aromatic heterocycles. The summed E-state index contributed by atoms with van der Waals surface area (Å²) in [5.74, 6) is 1.32. The van der Waals surface area contributed by atoms with Crippen LogP contribution in [0.4, 0.5) is 0 Å². The first-order valence-corrected chi connectivity index (χ1v) is 17.0. The second kappa shape index (κ2) is 15.4. The molecule has 5 rings (SSSR count). The maximum absolute atomic E-state index is 13.8. The molecule has 1 atom stereocenters. The highest BCUT2D eigenvalue weighted by Crippen LogP contribution is 2.42. The van der Waals surface area contributed by atoms with Gasteiger partial charge in [-0.1, -0.05) is 59.6 Å². The molecule has 3 aromatic carbocycles. The summed E-state index contributed by atoms with van der Waals surface area (Å²) < 4.78 is 23.1. The number of nitrogens with two attached hydrogens (primary N) is 1. The second-order valence-corrected chi connectivity index (χ2v) is 13.6. The summed E-state index contributed by atoms with van der Waals surface area (Å²) in [5.41, 5.74) is 7.06. The first kappa shape index (κ1) is 35.8. The number of rotatable bonds is 15. The second-order valence-electron chi connectivity index (χ2n) is 12.8. The van der Waals surface area contributed by atoms with E-state index in [0.717, 1.165) is 29.5 Å². The van der Waals surface area contributed by atoms with E-state index in [1.807, 2.05) is 66.5 Å². The summed E-state index contributed by atoms with van der Waals surface area (Å²) in [6, 6.07) is 19.1. The van der Waals surface area contributed by atoms with Crippen molar-refractivity contribution in [3.63, 3.8) is 0 Å². The van der Waals surface area contributed by atoms with Crippen molar-refractivity contribution < 1.29 is 28.5 Å². The standard InChI is InChI=1S/C37H45Cl2N3O6/c1-41(34(43)26-10-11-26)37(28-12-13-29(38)30(39)22-28,24-48-23-25-20-31(45-2)33(47-4)32(21-25)46-3)16-19-42-17-14-36(15-18-42,35(40)44)27-8-6-5-7-9-27/h5-9,12-13,20-22,26H,10-11,14-19,23-24H2,1-4H3,(H2,40,44). The van der Waals surface area contributed by atoms with Gasteiger partial charge < -0.3 is 34.5 Å². The lowest BCUT2D eigenvalue weighted by molar-refractivity contribution is -0.142. The number of carbonyl (C=O) groups is 2. The number of primary amides is 1. The van der Waals surface area contributed by atoms with Crippen LogP contribution in [0.25, 0.3) is 0 Å². The maximum Gasteiger partial charge on any atom is 0.228 e. The molecule has 1 heterocycles. The van der Waals surface area contributed by atoms with Crippen LogP contribution in [0, 0.1) is 5.92 Å². The molecule has 2 amide bonds. The predicted octanol–water partition coefficient (Wildman–Crippen LogP) is 6.21. The number of likely N-dealkylation sites (N-methyl/N-ethyl adjacent to an activating group) is 1. The van der Waals surface area contributed by atoms with Crippen molar-refractivity contribution in [3.8, 4) is 17.2 Å². The van der Waals surface area contributed by atoms with Gasteiger partial charge in [-0.3, -0.25) is 9.59 Å². The number of benzene rings is 3. The molecule has 1 saturated heterocycles. The van der Waals surface area contributed by atoms with Gasteiger partial charge in [-0.05, 0) is 86.1 Å². The van der Waals surface area contributed by atoms with Gasteiger partial charge in [0.15, 0.2) is 11.5 Å². The molecule has 3 aromatic rings. The molecule has 0 spiro atoms. The van der Waals surface area contributed by atoms with Crippen molar-refractivity contribution in [2.45, 2.75) is 49.7 Å². The Kier molecular flexibility index (Phi) is 11.5. The monoisotopic (exact) mass is 697 g/mol. The third-order valence-corrected chi connectivity index (χ3v) is 10.8. The topological polar surface area (TPSA) is 104 Å². The number of amides is 2. The molecule has 2 fully saturated rings. The summed E-state index contributed by atoms with van der Waals surface area (Å²) in [6.07, 6.45) is 3.52. The van der Waals surface area contributed by atoms with Gasteiger partial charge in [0.2, 0.25) is 17.6 Å². The first-order valence-electron chi connectivity index (χ1n) is 16.3. The fourth-order valence-corrected chi connectivity index (χ4v) is 7.15. The Morgan fingerprint density at radius 2 is 1.58 bits per heavy atom. The maximum atomic E-state index is 13.8. The van der Waals surface area contributed by atoms with Crippen LogP contribution in [0.5, 0.6) is 17.2 Å². The van der Waals surface area contributed by atoms with Gasteiger partial charge in [-0.25, -0.2) is 0 Å². The molecule has 0 radical (unpaired) electrons. The summed E-state index contributed by atoms with van der Waals surface area (Å²) in [7, 11) is 6.57. The van der Waals surface area contributed by atoms with E-state index in [1.54, 1.807) is 27.4 Å². The quantitative estimate of drug-likeness (QED) is 0.201. The number of hydrogen-bond acceptors (Lipinski definition) is 7. The number of nitrogens with zero attached hydrogens (tertiary/aromatic N) is 2. The van der Waals surface area contributed by atoms with E-state index >= 15 is 0 Å². The highest BCUT2D eigenvalue weighted by Gasteiger charge is 2.46. The molecule has 0 bridgehead atoms. The van der Waals surface area contributed by atoms with Gasteiger partial charge in [0.25, 0.3) is 0 Å². The van der Waals surface area contributed by atoms with Crippen LogP contribution in [-0.4, -0.2) is 76.2 Å². The Hall–Kier alpha value is -3.50. The zero-order valence-electron chi connectivity index (χ0n) is 28.1. The van der Waals surface area contributed by atoms with Gasteiger partial charge in [-0.15, -0.1) is 0 Å². The molecule has 9 nitrogen and oxygen atoms in total. The summed E-state index contributed by atoms with van der Waals surface area (Å²) in [4.78, 5) is 30.8. The predicted molar refractivity (Wildman–Crippen MR) is 187 cm³/mol. The first-order chi connectivity index (χ1) is 23.1. The van der Waals surface area contributed by atoms with Crippen molar-refractivity contribution in [2.24, 2.45) is 11.7 Å². The number of methoxy groups -OCH3 is 3. The number of likely N-dealkylation sites (tertiary alicyclic amines) is 1. The zero-order chi connectivity index (χ0) is 34.5. The highest BCUT2D eigenvalue weighted by molar-refractivity contribution is 6.42. The number of ether oxygens (including phenoxy) is 4. The molecule has 1 unspecified atom stereocenters. The molecule has 11 heteroatoms. The van der Waals surface area contributed by atoms with Gasteiger partial charge in [0.05, 0.1) is 55.5 Å². The highest BCUT2D eigenvalue weighted by atomic mass is 35.5. The van der Waals surface area contributed by atoms with Crippen molar-refractivity contribution in [1.82, 2.24) is 9.80 Å². The summed E-state index contributed by atoms with van der Waals surface area (Å²) in [6.45, 7) is 2.44. The van der Waals surface area contributed by atoms with E-state index in [4.69, 9.17) is 47.9 Å². The van der Waals surface area contributed by atoms with Crippen LogP contribution in [0.3, 0.4) is 0 Å². The Bertz CT molecular complexity index is 1570. The minimum Gasteiger partial charge on any atom is -0.493 e. The lowest BCUT2D eigenvalue weighted by Gasteiger charge is -2.45. The SMILES string of the molecule is COc1cc(COCC(CCN2CCC(C(N)=O)(c3ccccc3)CC2)(c2ccc(Cl)c(Cl)c2)N(C)C(=O)C2CC2)cc(OC)c1OC. The molecule has 48 heavy (non-hydrogen) atoms. The average molecular weight is 699 g/mol. The minimum atomic E-state index is -0.869. The number of hydrogen-bond donors (Lipinski definition) is 1. The average Bonchev–Trinajstić information content (AvgIpc) is 3.96. The van der Waals surface area contributed by atoms with E-state index in [-0.39, 0.29) is 30.9 Å². The normalized spacial score (nSPS) is 17.3. The van der Waals surface area contributed by atoms with Crippen molar-refractivity contribution in [3.05, 3.63) is 87.4 Å². The zero-order valence-corrected chi connectivity index (χ0v) is 29.6. The van der Waals surface area contributed by atoms with Crippen molar-refractivity contribution in [1.29, 1.82) is 0 Å². The fourth-order valence-electron chi connectivity index (χ4n) is 6.85. The van der Waals surface area contributed by atoms with E-state index in [9.17, 15) is 9.59 Å². The molecular formula is C37H45Cl2N3O6. The van der Waals surface area contributed by atoms with Crippen molar-refractivity contribution >= 4 is 35.0 Å². The Balaban J connectivity index is 1.43. The Labute approximate surface area is 293 Å². The largest absolute Gasteiger partial charge is 0.493 e. The smallest absolute Gasteiger partial charge is 0.228 e. The minimum absolute atomic E-state index is 0.00991. The third-order valence-electron chi connectivity index (χ3n) is 10.0. The number of piperidine rings is 1. The lowest BCUT2D eigenvalue weighted by Crippen LogP contribution is -2.54. The van der Waals surface area contributed by atoms with Crippen LogP contribution in [0.15, 0.2) is 60.7 Å². The molecule has 2 aliphatic rings. The molecule has 2 N–H and O–H groups in total. The van der Waals surface area contributed by atoms with E-state index < -0.39 is 11.0 Å². The van der Waals surface area contributed by atoms with E-state index in [1.165, 1.54) is 0 Å².